The predicted octanol–water partition coefficient (Wildman–Crippen LogP) is 2.27. The molecule has 2 atom stereocenters. The van der Waals surface area contributed by atoms with E-state index >= 15 is 0 Å². The monoisotopic (exact) mass is 191 g/mol. The minimum atomic E-state index is 0.318. The van der Waals surface area contributed by atoms with Crippen molar-refractivity contribution < 1.29 is 5.11 Å². The van der Waals surface area contributed by atoms with Gasteiger partial charge in [0.2, 0.25) is 0 Å². The number of aliphatic hydroxyl groups excluding tert-OH is 1. The molecular formula is C12H17NO. The zero-order valence-electron chi connectivity index (χ0n) is 8.61. The van der Waals surface area contributed by atoms with Crippen LogP contribution in [0.15, 0.2) is 18.3 Å². The van der Waals surface area contributed by atoms with Crippen LogP contribution in [0.25, 0.3) is 0 Å². The molecule has 0 aliphatic heterocycles. The summed E-state index contributed by atoms with van der Waals surface area (Å²) >= 11 is 0. The number of nitrogens with zero attached hydrogens (tertiary/aromatic N) is 1. The second-order valence-electron chi connectivity index (χ2n) is 4.16. The van der Waals surface area contributed by atoms with Gasteiger partial charge in [-0.25, -0.2) is 0 Å². The van der Waals surface area contributed by atoms with Crippen LogP contribution in [-0.2, 0) is 0 Å². The van der Waals surface area contributed by atoms with Gasteiger partial charge in [-0.3, -0.25) is 4.98 Å². The number of rotatable bonds is 2. The molecule has 1 heterocycles. The number of aromatic nitrogens is 1. The highest BCUT2D eigenvalue weighted by Gasteiger charge is 2.28. The Balaban J connectivity index is 2.26. The van der Waals surface area contributed by atoms with Gasteiger partial charge in [-0.05, 0) is 43.2 Å². The predicted molar refractivity (Wildman–Crippen MR) is 56.1 cm³/mol. The maximum atomic E-state index is 9.27. The van der Waals surface area contributed by atoms with E-state index in [-0.39, 0.29) is 0 Å². The van der Waals surface area contributed by atoms with Crippen molar-refractivity contribution in [1.29, 1.82) is 0 Å². The SMILES string of the molecule is Cc1ncccc1C1CCCC1CO. The largest absolute Gasteiger partial charge is 0.396 e. The van der Waals surface area contributed by atoms with E-state index in [0.29, 0.717) is 18.4 Å². The lowest BCUT2D eigenvalue weighted by molar-refractivity contribution is 0.217. The van der Waals surface area contributed by atoms with Gasteiger partial charge in [0.1, 0.15) is 0 Å². The first-order valence-corrected chi connectivity index (χ1v) is 5.35. The fourth-order valence-corrected chi connectivity index (χ4v) is 2.55. The quantitative estimate of drug-likeness (QED) is 0.778. The van der Waals surface area contributed by atoms with Crippen LogP contribution in [0.3, 0.4) is 0 Å². The van der Waals surface area contributed by atoms with E-state index < -0.39 is 0 Å². The summed E-state index contributed by atoms with van der Waals surface area (Å²) in [5.74, 6) is 0.992. The van der Waals surface area contributed by atoms with Crippen LogP contribution in [-0.4, -0.2) is 16.7 Å². The van der Waals surface area contributed by atoms with Gasteiger partial charge in [-0.1, -0.05) is 12.5 Å². The van der Waals surface area contributed by atoms with E-state index in [2.05, 4.69) is 18.0 Å². The van der Waals surface area contributed by atoms with Gasteiger partial charge in [0, 0.05) is 18.5 Å². The highest BCUT2D eigenvalue weighted by atomic mass is 16.3. The molecule has 1 fully saturated rings. The molecule has 2 unspecified atom stereocenters. The maximum absolute atomic E-state index is 9.27. The van der Waals surface area contributed by atoms with E-state index in [1.54, 1.807) is 0 Å². The lowest BCUT2D eigenvalue weighted by Crippen LogP contribution is -2.11. The average molecular weight is 191 g/mol. The molecule has 0 aromatic carbocycles. The highest BCUT2D eigenvalue weighted by molar-refractivity contribution is 5.24. The summed E-state index contributed by atoms with van der Waals surface area (Å²) in [5, 5.41) is 9.27. The first-order chi connectivity index (χ1) is 6.83. The van der Waals surface area contributed by atoms with Gasteiger partial charge < -0.3 is 5.11 Å². The van der Waals surface area contributed by atoms with Crippen molar-refractivity contribution in [3.05, 3.63) is 29.6 Å². The Kier molecular flexibility index (Phi) is 2.82. The number of aliphatic hydroxyl groups is 1. The Morgan fingerprint density at radius 1 is 1.50 bits per heavy atom. The molecule has 1 aromatic rings. The third kappa shape index (κ3) is 1.67. The fraction of sp³-hybridized carbons (Fsp3) is 0.583. The molecule has 14 heavy (non-hydrogen) atoms. The summed E-state index contributed by atoms with van der Waals surface area (Å²) in [7, 11) is 0. The van der Waals surface area contributed by atoms with Crippen LogP contribution < -0.4 is 0 Å². The normalized spacial score (nSPS) is 26.7. The molecule has 0 radical (unpaired) electrons. The van der Waals surface area contributed by atoms with Crippen LogP contribution >= 0.6 is 0 Å². The lowest BCUT2D eigenvalue weighted by Gasteiger charge is -2.18. The van der Waals surface area contributed by atoms with Gasteiger partial charge in [0.05, 0.1) is 0 Å². The Bertz CT molecular complexity index is 311. The fourth-order valence-electron chi connectivity index (χ4n) is 2.55. The number of hydrogen-bond donors (Lipinski definition) is 1. The van der Waals surface area contributed by atoms with E-state index in [4.69, 9.17) is 0 Å². The molecule has 0 amide bonds. The third-order valence-electron chi connectivity index (χ3n) is 3.34. The molecule has 1 aliphatic rings. The van der Waals surface area contributed by atoms with Gasteiger partial charge in [0.15, 0.2) is 0 Å². The first-order valence-electron chi connectivity index (χ1n) is 5.35. The summed E-state index contributed by atoms with van der Waals surface area (Å²) in [6.45, 7) is 2.38. The molecule has 2 rings (SSSR count). The first kappa shape index (κ1) is 9.66. The maximum Gasteiger partial charge on any atom is 0.0465 e. The molecule has 2 nitrogen and oxygen atoms in total. The molecule has 0 spiro atoms. The van der Waals surface area contributed by atoms with Crippen molar-refractivity contribution in [1.82, 2.24) is 4.98 Å². The summed E-state index contributed by atoms with van der Waals surface area (Å²) in [6, 6.07) is 4.15. The molecule has 2 heteroatoms. The van der Waals surface area contributed by atoms with Crippen LogP contribution in [0.5, 0.6) is 0 Å². The van der Waals surface area contributed by atoms with Crippen molar-refractivity contribution in [2.45, 2.75) is 32.1 Å². The zero-order valence-corrected chi connectivity index (χ0v) is 8.61. The topological polar surface area (TPSA) is 33.1 Å². The minimum Gasteiger partial charge on any atom is -0.396 e. The Morgan fingerprint density at radius 2 is 2.36 bits per heavy atom. The standard InChI is InChI=1S/C12H17NO/c1-9-11(6-3-7-13-9)12-5-2-4-10(12)8-14/h3,6-7,10,12,14H,2,4-5,8H2,1H3. The average Bonchev–Trinajstić information content (AvgIpc) is 2.66. The Hall–Kier alpha value is -0.890. The van der Waals surface area contributed by atoms with Gasteiger partial charge in [-0.2, -0.15) is 0 Å². The zero-order chi connectivity index (χ0) is 9.97. The van der Waals surface area contributed by atoms with Crippen LogP contribution in [0.4, 0.5) is 0 Å². The van der Waals surface area contributed by atoms with Crippen molar-refractivity contribution in [3.8, 4) is 0 Å². The number of hydrogen-bond acceptors (Lipinski definition) is 2. The van der Waals surface area contributed by atoms with Crippen molar-refractivity contribution in [2.75, 3.05) is 6.61 Å². The van der Waals surface area contributed by atoms with Gasteiger partial charge >= 0.3 is 0 Å². The summed E-state index contributed by atoms with van der Waals surface area (Å²) in [4.78, 5) is 4.31. The van der Waals surface area contributed by atoms with Crippen molar-refractivity contribution in [3.63, 3.8) is 0 Å². The summed E-state index contributed by atoms with van der Waals surface area (Å²) in [6.07, 6.45) is 5.44. The van der Waals surface area contributed by atoms with Crippen LogP contribution in [0.2, 0.25) is 0 Å². The molecule has 0 bridgehead atoms. The molecule has 1 aliphatic carbocycles. The molecule has 1 N–H and O–H groups in total. The molecule has 1 aromatic heterocycles. The Labute approximate surface area is 85.0 Å². The second-order valence-corrected chi connectivity index (χ2v) is 4.16. The molecule has 1 saturated carbocycles. The summed E-state index contributed by atoms with van der Waals surface area (Å²) in [5.41, 5.74) is 2.46. The van der Waals surface area contributed by atoms with Crippen molar-refractivity contribution in [2.24, 2.45) is 5.92 Å². The van der Waals surface area contributed by atoms with Gasteiger partial charge in [-0.15, -0.1) is 0 Å². The van der Waals surface area contributed by atoms with E-state index in [9.17, 15) is 5.11 Å². The number of pyridine rings is 1. The lowest BCUT2D eigenvalue weighted by atomic mass is 9.89. The molecular weight excluding hydrogens is 174 g/mol. The van der Waals surface area contributed by atoms with Crippen molar-refractivity contribution >= 4 is 0 Å². The van der Waals surface area contributed by atoms with E-state index in [1.165, 1.54) is 18.4 Å². The second kappa shape index (κ2) is 4.09. The molecule has 76 valence electrons. The van der Waals surface area contributed by atoms with Crippen LogP contribution in [0, 0.1) is 12.8 Å². The smallest absolute Gasteiger partial charge is 0.0465 e. The third-order valence-corrected chi connectivity index (χ3v) is 3.34. The van der Waals surface area contributed by atoms with E-state index in [0.717, 1.165) is 12.1 Å². The van der Waals surface area contributed by atoms with Crippen LogP contribution in [0.1, 0.15) is 36.4 Å². The van der Waals surface area contributed by atoms with E-state index in [1.807, 2.05) is 12.3 Å². The highest BCUT2D eigenvalue weighted by Crippen LogP contribution is 2.39. The summed E-state index contributed by atoms with van der Waals surface area (Å²) < 4.78 is 0. The Morgan fingerprint density at radius 3 is 3.07 bits per heavy atom. The van der Waals surface area contributed by atoms with Gasteiger partial charge in [0.25, 0.3) is 0 Å². The minimum absolute atomic E-state index is 0.318. The number of aryl methyl sites for hydroxylation is 1. The molecule has 0 saturated heterocycles.